The summed E-state index contributed by atoms with van der Waals surface area (Å²) in [5.74, 6) is 0. The molecule has 0 N–H and O–H groups in total. The summed E-state index contributed by atoms with van der Waals surface area (Å²) in [4.78, 5) is 0. The Morgan fingerprint density at radius 2 is 0.655 bits per heavy atom. The molecule has 4 aromatic rings. The molecule has 1 saturated heterocycles. The van der Waals surface area contributed by atoms with Gasteiger partial charge in [-0.1, -0.05) is 0 Å². The molecule has 0 aromatic heterocycles. The standard InChI is InChI=1S/C46H72N6P2Si2Te2/c1-43(2,3)37-45(7,8)49-57(47-51(55(11,12)13)53(39-29-21-17-22-30-39)40-31-23-18-24-32-40)50(46(9,10)38-44(4,5)6)58(49)48-52(56(14,15)16)54(41-33-25-19-26-34-41)42-35-27-20-28-36-42/h17-36H,37-38H2,1-16H3. The van der Waals surface area contributed by atoms with E-state index in [0.29, 0.717) is 0 Å². The van der Waals surface area contributed by atoms with Crippen LogP contribution in [0.15, 0.2) is 128 Å². The second-order valence-corrected chi connectivity index (χ2v) is 47.9. The third-order valence-electron chi connectivity index (χ3n) is 9.39. The van der Waals surface area contributed by atoms with Crippen molar-refractivity contribution in [1.82, 2.24) is 11.7 Å². The molecule has 0 saturated carbocycles. The molecule has 6 nitrogen and oxygen atoms in total. The molecule has 0 aliphatic carbocycles. The molecule has 4 aromatic carbocycles. The summed E-state index contributed by atoms with van der Waals surface area (Å²) < 4.78 is 24.3. The van der Waals surface area contributed by atoms with Crippen LogP contribution in [0, 0.1) is 10.8 Å². The van der Waals surface area contributed by atoms with E-state index in [4.69, 9.17) is 6.58 Å². The number of hydrogen-bond acceptors (Lipinski definition) is 4. The molecule has 12 heteroatoms. The zero-order valence-corrected chi connectivity index (χ0v) is 46.8. The van der Waals surface area contributed by atoms with E-state index in [9.17, 15) is 0 Å². The van der Waals surface area contributed by atoms with E-state index >= 15 is 0 Å². The summed E-state index contributed by atoms with van der Waals surface area (Å²) in [6.45, 7) is 39.7. The van der Waals surface area contributed by atoms with Crippen LogP contribution in [0.3, 0.4) is 0 Å². The van der Waals surface area contributed by atoms with Crippen LogP contribution in [0.2, 0.25) is 39.3 Å². The molecule has 0 unspecified atom stereocenters. The molecule has 0 atom stereocenters. The maximum atomic E-state index is 6.37. The van der Waals surface area contributed by atoms with Gasteiger partial charge >= 0.3 is 377 Å². The zero-order valence-electron chi connectivity index (χ0n) is 38.4. The first kappa shape index (κ1) is 48.2. The number of nitrogens with zero attached hydrogens (tertiary/aromatic N) is 6. The second-order valence-electron chi connectivity index (χ2n) is 21.2. The maximum absolute atomic E-state index is 6.37. The Labute approximate surface area is 373 Å². The van der Waals surface area contributed by atoms with Crippen molar-refractivity contribution in [1.29, 1.82) is 0 Å². The van der Waals surface area contributed by atoms with Crippen LogP contribution in [0.5, 0.6) is 0 Å². The Kier molecular flexibility index (Phi) is 15.7. The minimum atomic E-state index is -2.69. The van der Waals surface area contributed by atoms with Crippen LogP contribution < -0.4 is 21.2 Å². The fraction of sp³-hybridized carbons (Fsp3) is 0.478. The van der Waals surface area contributed by atoms with E-state index in [1.165, 1.54) is 21.2 Å². The fourth-order valence-electron chi connectivity index (χ4n) is 8.04. The van der Waals surface area contributed by atoms with Gasteiger partial charge in [-0.25, -0.2) is 0 Å². The van der Waals surface area contributed by atoms with Gasteiger partial charge in [0.25, 0.3) is 0 Å². The van der Waals surface area contributed by atoms with Gasteiger partial charge in [0.2, 0.25) is 0 Å². The van der Waals surface area contributed by atoms with Gasteiger partial charge < -0.3 is 0 Å². The Morgan fingerprint density at radius 1 is 0.431 bits per heavy atom. The average Bonchev–Trinajstić information content (AvgIpc) is 3.08. The van der Waals surface area contributed by atoms with Gasteiger partial charge in [-0.05, 0) is 0 Å². The third kappa shape index (κ3) is 12.2. The fourth-order valence-corrected chi connectivity index (χ4v) is 43.6. The molecule has 1 aliphatic rings. The van der Waals surface area contributed by atoms with Crippen LogP contribution in [-0.2, 0) is 0 Å². The van der Waals surface area contributed by atoms with Crippen LogP contribution in [0.1, 0.15) is 82.1 Å². The minimum absolute atomic E-state index is 0.0755. The quantitative estimate of drug-likeness (QED) is 0.0716. The average molecular weight is 1080 g/mol. The molecule has 1 aliphatic heterocycles. The first-order chi connectivity index (χ1) is 26.8. The van der Waals surface area contributed by atoms with Crippen molar-refractivity contribution in [2.45, 2.75) is 132 Å². The van der Waals surface area contributed by atoms with E-state index in [1.807, 2.05) is 0 Å². The van der Waals surface area contributed by atoms with Crippen molar-refractivity contribution < 1.29 is 0 Å². The number of rotatable bonds is 14. The van der Waals surface area contributed by atoms with Crippen molar-refractivity contribution in [3.8, 4) is 0 Å². The first-order valence-corrected chi connectivity index (χ1v) is 36.5. The molecule has 0 spiro atoms. The normalized spacial score (nSPS) is 16.1. The van der Waals surface area contributed by atoms with Gasteiger partial charge in [0.15, 0.2) is 0 Å². The van der Waals surface area contributed by atoms with Crippen LogP contribution in [-0.4, -0.2) is 79.1 Å². The SMILES string of the molecule is CC(C)(C)CC(C)(C)N1[Te](=NN(P(c2ccccc2)c2ccccc2)[Si](C)(C)C)N(C(C)(C)CC(C)(C)C)[Te]1=NN(P(c1ccccc1)c1ccccc1)[Si](C)(C)C. The van der Waals surface area contributed by atoms with E-state index in [2.05, 4.69) is 242 Å². The van der Waals surface area contributed by atoms with Gasteiger partial charge in [0.1, 0.15) is 0 Å². The molecule has 5 rings (SSSR count). The second kappa shape index (κ2) is 18.9. The molecular formula is C46H72N6P2Si2Te2. The third-order valence-corrected chi connectivity index (χ3v) is 43.5. The molecular weight excluding hydrogens is 1010 g/mol. The van der Waals surface area contributed by atoms with E-state index in [0.717, 1.165) is 12.8 Å². The van der Waals surface area contributed by atoms with Gasteiger partial charge in [-0.2, -0.15) is 0 Å². The van der Waals surface area contributed by atoms with E-state index < -0.39 is 72.5 Å². The van der Waals surface area contributed by atoms with Crippen molar-refractivity contribution in [3.63, 3.8) is 0 Å². The summed E-state index contributed by atoms with van der Waals surface area (Å²) >= 11 is -5.38. The van der Waals surface area contributed by atoms with Crippen LogP contribution in [0.4, 0.5) is 0 Å². The first-order valence-electron chi connectivity index (χ1n) is 20.7. The molecule has 0 radical (unpaired) electrons. The van der Waals surface area contributed by atoms with Crippen molar-refractivity contribution in [3.05, 3.63) is 121 Å². The molecule has 0 bridgehead atoms. The summed E-state index contributed by atoms with van der Waals surface area (Å²) in [7, 11) is -5.87. The zero-order chi connectivity index (χ0) is 42.9. The topological polar surface area (TPSA) is 37.7 Å². The van der Waals surface area contributed by atoms with Gasteiger partial charge in [-0.15, -0.1) is 0 Å². The number of benzene rings is 4. The Balaban J connectivity index is 1.87. The predicted molar refractivity (Wildman–Crippen MR) is 265 cm³/mol. The van der Waals surface area contributed by atoms with Crippen molar-refractivity contribution in [2.24, 2.45) is 17.4 Å². The Morgan fingerprint density at radius 3 is 0.845 bits per heavy atom. The van der Waals surface area contributed by atoms with Crippen molar-refractivity contribution in [2.75, 3.05) is 0 Å². The van der Waals surface area contributed by atoms with Gasteiger partial charge in [0, 0.05) is 0 Å². The van der Waals surface area contributed by atoms with Crippen molar-refractivity contribution >= 4 is 93.7 Å². The van der Waals surface area contributed by atoms with Crippen LogP contribution in [0.25, 0.3) is 0 Å². The summed E-state index contributed by atoms with van der Waals surface area (Å²) in [6.07, 6.45) is 2.18. The molecule has 1 fully saturated rings. The Bertz CT molecular complexity index is 1770. The van der Waals surface area contributed by atoms with Gasteiger partial charge in [0.05, 0.1) is 0 Å². The summed E-state index contributed by atoms with van der Waals surface area (Å²) in [5, 5.41) is 5.49. The predicted octanol–water partition coefficient (Wildman–Crippen LogP) is 11.7. The Hall–Kier alpha value is -0.807. The summed E-state index contributed by atoms with van der Waals surface area (Å²) in [5.41, 5.74) is 0.149. The number of hydrogen-bond donors (Lipinski definition) is 0. The van der Waals surface area contributed by atoms with Gasteiger partial charge in [-0.3, -0.25) is 0 Å². The summed E-state index contributed by atoms with van der Waals surface area (Å²) in [6, 6.07) is 45.0. The van der Waals surface area contributed by atoms with E-state index in [1.54, 1.807) is 0 Å². The molecule has 0 amide bonds. The van der Waals surface area contributed by atoms with E-state index in [-0.39, 0.29) is 21.9 Å². The van der Waals surface area contributed by atoms with Crippen LogP contribution >= 0.6 is 16.1 Å². The molecule has 1 heterocycles. The molecule has 316 valence electrons. The monoisotopic (exact) mass is 1090 g/mol. The molecule has 58 heavy (non-hydrogen) atoms.